The van der Waals surface area contributed by atoms with Crippen LogP contribution >= 0.6 is 0 Å². The standard InChI is InChI=1S/C30H41N2O3/c1-30(26-12-5-2-6-13-26,31-18-9-4-10-19-31)29(33)35-28-24-32(21-16-25(28)17-22-32)20-11-23-34-27-14-7-3-8-15-27/h2-3,5-8,12-15,25,28H,4,9-11,16-24H2,1H3/q+1/t25?,28-,30+,32?/m1/s1. The van der Waals surface area contributed by atoms with E-state index in [1.807, 2.05) is 48.5 Å². The predicted octanol–water partition coefficient (Wildman–Crippen LogP) is 5.01. The molecule has 0 spiro atoms. The number of carbonyl (C=O) groups excluding carboxylic acids is 1. The van der Waals surface area contributed by atoms with Crippen LogP contribution in [0, 0.1) is 5.92 Å². The van der Waals surface area contributed by atoms with Gasteiger partial charge in [-0.05, 0) is 50.6 Å². The van der Waals surface area contributed by atoms with Gasteiger partial charge in [-0.2, -0.15) is 0 Å². The van der Waals surface area contributed by atoms with E-state index in [4.69, 9.17) is 9.47 Å². The fourth-order valence-electron chi connectivity index (χ4n) is 6.56. The minimum Gasteiger partial charge on any atom is -0.493 e. The lowest BCUT2D eigenvalue weighted by molar-refractivity contribution is -0.946. The third kappa shape index (κ3) is 5.26. The van der Waals surface area contributed by atoms with Crippen LogP contribution in [-0.2, 0) is 15.1 Å². The molecule has 4 aliphatic rings. The van der Waals surface area contributed by atoms with Gasteiger partial charge in [-0.15, -0.1) is 0 Å². The van der Waals surface area contributed by atoms with Crippen LogP contribution in [0.3, 0.4) is 0 Å². The number of benzene rings is 2. The Balaban J connectivity index is 1.24. The quantitative estimate of drug-likeness (QED) is 0.289. The van der Waals surface area contributed by atoms with Crippen LogP contribution in [0.2, 0.25) is 0 Å². The molecule has 2 aromatic carbocycles. The average molecular weight is 478 g/mol. The molecule has 0 saturated carbocycles. The molecule has 2 bridgehead atoms. The number of carbonyl (C=O) groups is 1. The number of esters is 1. The van der Waals surface area contributed by atoms with Crippen LogP contribution in [0.4, 0.5) is 0 Å². The molecular formula is C30H41N2O3+. The van der Waals surface area contributed by atoms with Gasteiger partial charge in [0.25, 0.3) is 0 Å². The second-order valence-corrected chi connectivity index (χ2v) is 11.0. The average Bonchev–Trinajstić information content (AvgIpc) is 2.93. The number of rotatable bonds is 9. The summed E-state index contributed by atoms with van der Waals surface area (Å²) in [5, 5.41) is 0. The smallest absolute Gasteiger partial charge is 0.331 e. The van der Waals surface area contributed by atoms with Crippen molar-refractivity contribution >= 4 is 5.97 Å². The normalized spacial score (nSPS) is 28.3. The maximum absolute atomic E-state index is 13.9. The van der Waals surface area contributed by atoms with E-state index in [1.165, 1.54) is 19.5 Å². The minimum absolute atomic E-state index is 0.0212. The molecule has 4 aliphatic heterocycles. The van der Waals surface area contributed by atoms with Gasteiger partial charge in [0.2, 0.25) is 0 Å². The molecule has 0 radical (unpaired) electrons. The van der Waals surface area contributed by atoms with Crippen molar-refractivity contribution in [1.82, 2.24) is 4.90 Å². The molecule has 5 heteroatoms. The fourth-order valence-corrected chi connectivity index (χ4v) is 6.56. The van der Waals surface area contributed by atoms with E-state index in [2.05, 4.69) is 24.0 Å². The molecule has 0 unspecified atom stereocenters. The van der Waals surface area contributed by atoms with Crippen molar-refractivity contribution in [2.24, 2.45) is 5.92 Å². The maximum atomic E-state index is 13.9. The molecular weight excluding hydrogens is 436 g/mol. The second-order valence-electron chi connectivity index (χ2n) is 11.0. The molecule has 6 rings (SSSR count). The summed E-state index contributed by atoms with van der Waals surface area (Å²) < 4.78 is 13.5. The molecule has 0 amide bonds. The van der Waals surface area contributed by atoms with Crippen molar-refractivity contribution in [1.29, 1.82) is 0 Å². The van der Waals surface area contributed by atoms with E-state index < -0.39 is 5.54 Å². The van der Waals surface area contributed by atoms with E-state index in [1.54, 1.807) is 0 Å². The third-order valence-corrected chi connectivity index (χ3v) is 8.81. The van der Waals surface area contributed by atoms with Crippen molar-refractivity contribution in [2.75, 3.05) is 45.9 Å². The van der Waals surface area contributed by atoms with E-state index in [0.29, 0.717) is 5.92 Å². The van der Waals surface area contributed by atoms with Gasteiger partial charge in [0.1, 0.15) is 17.8 Å². The lowest BCUT2D eigenvalue weighted by atomic mass is 9.82. The van der Waals surface area contributed by atoms with Gasteiger partial charge in [-0.1, -0.05) is 55.0 Å². The van der Waals surface area contributed by atoms with Gasteiger partial charge >= 0.3 is 5.97 Å². The maximum Gasteiger partial charge on any atom is 0.331 e. The Bertz CT molecular complexity index is 952. The van der Waals surface area contributed by atoms with Crippen molar-refractivity contribution in [3.8, 4) is 5.75 Å². The molecule has 0 N–H and O–H groups in total. The van der Waals surface area contributed by atoms with E-state index >= 15 is 0 Å². The highest BCUT2D eigenvalue weighted by Gasteiger charge is 2.50. The number of piperidine rings is 4. The van der Waals surface area contributed by atoms with Crippen LogP contribution in [0.25, 0.3) is 0 Å². The molecule has 2 aromatic rings. The fraction of sp³-hybridized carbons (Fsp3) is 0.567. The second kappa shape index (κ2) is 10.7. The first-order chi connectivity index (χ1) is 17.1. The molecule has 4 fully saturated rings. The number of para-hydroxylation sites is 1. The third-order valence-electron chi connectivity index (χ3n) is 8.81. The summed E-state index contributed by atoms with van der Waals surface area (Å²) >= 11 is 0. The molecule has 35 heavy (non-hydrogen) atoms. The van der Waals surface area contributed by atoms with Crippen molar-refractivity contribution in [3.63, 3.8) is 0 Å². The number of likely N-dealkylation sites (tertiary alicyclic amines) is 1. The van der Waals surface area contributed by atoms with Crippen LogP contribution in [0.15, 0.2) is 60.7 Å². The predicted molar refractivity (Wildman–Crippen MR) is 138 cm³/mol. The Morgan fingerprint density at radius 1 is 0.971 bits per heavy atom. The van der Waals surface area contributed by atoms with Crippen LogP contribution in [-0.4, -0.2) is 67.3 Å². The molecule has 4 heterocycles. The molecule has 0 aromatic heterocycles. The Morgan fingerprint density at radius 2 is 1.63 bits per heavy atom. The van der Waals surface area contributed by atoms with Gasteiger partial charge in [0, 0.05) is 25.2 Å². The highest BCUT2D eigenvalue weighted by Crippen LogP contribution is 2.38. The summed E-state index contributed by atoms with van der Waals surface area (Å²) in [5.41, 5.74) is 0.331. The lowest BCUT2D eigenvalue weighted by Crippen LogP contribution is -2.65. The molecule has 188 valence electrons. The Morgan fingerprint density at radius 3 is 2.31 bits per heavy atom. The Kier molecular flexibility index (Phi) is 7.45. The van der Waals surface area contributed by atoms with Gasteiger partial charge in [-0.3, -0.25) is 4.90 Å². The molecule has 0 aliphatic carbocycles. The largest absolute Gasteiger partial charge is 0.493 e. The molecule has 2 atom stereocenters. The Hall–Kier alpha value is -2.37. The van der Waals surface area contributed by atoms with Crippen molar-refractivity contribution in [2.45, 2.75) is 57.1 Å². The van der Waals surface area contributed by atoms with E-state index in [0.717, 1.165) is 80.7 Å². The topological polar surface area (TPSA) is 38.8 Å². The number of hydrogen-bond acceptors (Lipinski definition) is 4. The summed E-state index contributed by atoms with van der Waals surface area (Å²) in [6, 6.07) is 20.3. The number of hydrogen-bond donors (Lipinski definition) is 0. The summed E-state index contributed by atoms with van der Waals surface area (Å²) in [5.74, 6) is 1.38. The van der Waals surface area contributed by atoms with Crippen LogP contribution < -0.4 is 4.74 Å². The molecule has 5 nitrogen and oxygen atoms in total. The van der Waals surface area contributed by atoms with Crippen LogP contribution in [0.1, 0.15) is 51.0 Å². The zero-order valence-electron chi connectivity index (χ0n) is 21.2. The summed E-state index contributed by atoms with van der Waals surface area (Å²) in [4.78, 5) is 16.3. The monoisotopic (exact) mass is 477 g/mol. The zero-order chi connectivity index (χ0) is 24.1. The van der Waals surface area contributed by atoms with E-state index in [9.17, 15) is 4.79 Å². The lowest BCUT2D eigenvalue weighted by Gasteiger charge is -2.52. The number of nitrogens with zero attached hydrogens (tertiary/aromatic N) is 2. The van der Waals surface area contributed by atoms with Gasteiger partial charge in [0.05, 0.1) is 26.2 Å². The number of quaternary nitrogens is 1. The highest BCUT2D eigenvalue weighted by atomic mass is 16.5. The SMILES string of the molecule is C[C@@](C(=O)O[C@@H]1C[N+]2(CCCOc3ccccc3)CCC1CC2)(c1ccccc1)N1CCCCC1. The summed E-state index contributed by atoms with van der Waals surface area (Å²) in [6.07, 6.45) is 6.89. The van der Waals surface area contributed by atoms with E-state index in [-0.39, 0.29) is 12.1 Å². The zero-order valence-corrected chi connectivity index (χ0v) is 21.2. The van der Waals surface area contributed by atoms with Gasteiger partial charge < -0.3 is 14.0 Å². The van der Waals surface area contributed by atoms with Gasteiger partial charge in [0.15, 0.2) is 6.10 Å². The van der Waals surface area contributed by atoms with Gasteiger partial charge in [-0.25, -0.2) is 4.79 Å². The number of ether oxygens (including phenoxy) is 2. The molecule has 4 saturated heterocycles. The first-order valence-corrected chi connectivity index (χ1v) is 13.6. The minimum atomic E-state index is -0.720. The first kappa shape index (κ1) is 24.3. The number of fused-ring (bicyclic) bond motifs is 3. The van der Waals surface area contributed by atoms with Crippen molar-refractivity contribution in [3.05, 3.63) is 66.2 Å². The first-order valence-electron chi connectivity index (χ1n) is 13.6. The Labute approximate surface area is 210 Å². The highest BCUT2D eigenvalue weighted by molar-refractivity contribution is 5.82. The summed E-state index contributed by atoms with van der Waals surface area (Å²) in [7, 11) is 0. The summed E-state index contributed by atoms with van der Waals surface area (Å²) in [6.45, 7) is 9.17. The van der Waals surface area contributed by atoms with Crippen LogP contribution in [0.5, 0.6) is 5.75 Å². The van der Waals surface area contributed by atoms with Crippen molar-refractivity contribution < 1.29 is 18.8 Å².